The van der Waals surface area contributed by atoms with Gasteiger partial charge < -0.3 is 15.8 Å². The summed E-state index contributed by atoms with van der Waals surface area (Å²) in [6.45, 7) is 2.75. The number of rotatable bonds is 7. The molecule has 0 radical (unpaired) electrons. The van der Waals surface area contributed by atoms with Crippen LogP contribution in [0.1, 0.15) is 39.2 Å². The summed E-state index contributed by atoms with van der Waals surface area (Å²) >= 11 is 0. The smallest absolute Gasteiger partial charge is 0.335 e. The summed E-state index contributed by atoms with van der Waals surface area (Å²) in [5.74, 6) is -0.882. The first-order valence-corrected chi connectivity index (χ1v) is 8.71. The Morgan fingerprint density at radius 2 is 1.84 bits per heavy atom. The SMILES string of the molecule is Cc1ccc2[nH]c(CCN)c(CCCc3ccc(C(=O)O)cc3)c2c1. The van der Waals surface area contributed by atoms with Crippen LogP contribution in [0.5, 0.6) is 0 Å². The lowest BCUT2D eigenvalue weighted by Crippen LogP contribution is -2.05. The second-order valence-electron chi connectivity index (χ2n) is 6.53. The minimum absolute atomic E-state index is 0.334. The zero-order valence-electron chi connectivity index (χ0n) is 14.5. The molecule has 0 saturated heterocycles. The van der Waals surface area contributed by atoms with Crippen molar-refractivity contribution in [2.45, 2.75) is 32.6 Å². The third kappa shape index (κ3) is 3.91. The average molecular weight is 336 g/mol. The summed E-state index contributed by atoms with van der Waals surface area (Å²) in [7, 11) is 0. The quantitative estimate of drug-likeness (QED) is 0.613. The number of nitrogens with two attached hydrogens (primary N) is 1. The van der Waals surface area contributed by atoms with Crippen LogP contribution in [-0.2, 0) is 19.3 Å². The van der Waals surface area contributed by atoms with E-state index in [0.717, 1.165) is 25.7 Å². The zero-order chi connectivity index (χ0) is 17.8. The fourth-order valence-electron chi connectivity index (χ4n) is 3.34. The van der Waals surface area contributed by atoms with E-state index < -0.39 is 5.97 Å². The van der Waals surface area contributed by atoms with Crippen molar-refractivity contribution in [2.24, 2.45) is 5.73 Å². The molecular weight excluding hydrogens is 312 g/mol. The molecule has 130 valence electrons. The van der Waals surface area contributed by atoms with Crippen molar-refractivity contribution in [3.8, 4) is 0 Å². The Morgan fingerprint density at radius 3 is 2.52 bits per heavy atom. The molecule has 1 heterocycles. The van der Waals surface area contributed by atoms with Crippen LogP contribution < -0.4 is 5.73 Å². The molecule has 3 rings (SSSR count). The molecular formula is C21H24N2O2. The predicted molar refractivity (Wildman–Crippen MR) is 101 cm³/mol. The highest BCUT2D eigenvalue weighted by Crippen LogP contribution is 2.26. The largest absolute Gasteiger partial charge is 0.478 e. The number of hydrogen-bond donors (Lipinski definition) is 3. The van der Waals surface area contributed by atoms with Gasteiger partial charge in [-0.05, 0) is 68.1 Å². The Kier molecular flexibility index (Phi) is 5.19. The van der Waals surface area contributed by atoms with Crippen LogP contribution in [0.4, 0.5) is 0 Å². The summed E-state index contributed by atoms with van der Waals surface area (Å²) in [6, 6.07) is 13.7. The molecule has 0 unspecified atom stereocenters. The highest BCUT2D eigenvalue weighted by molar-refractivity contribution is 5.87. The number of carboxylic acids is 1. The highest BCUT2D eigenvalue weighted by Gasteiger charge is 2.11. The topological polar surface area (TPSA) is 79.1 Å². The predicted octanol–water partition coefficient (Wildman–Crippen LogP) is 3.85. The lowest BCUT2D eigenvalue weighted by molar-refractivity contribution is 0.0697. The van der Waals surface area contributed by atoms with Gasteiger partial charge in [0.1, 0.15) is 0 Å². The number of aromatic amines is 1. The van der Waals surface area contributed by atoms with Crippen LogP contribution in [0, 0.1) is 6.92 Å². The molecule has 4 heteroatoms. The van der Waals surface area contributed by atoms with E-state index in [2.05, 4.69) is 30.1 Å². The van der Waals surface area contributed by atoms with Crippen molar-refractivity contribution in [1.29, 1.82) is 0 Å². The summed E-state index contributed by atoms with van der Waals surface area (Å²) in [4.78, 5) is 14.4. The van der Waals surface area contributed by atoms with E-state index in [9.17, 15) is 4.79 Å². The van der Waals surface area contributed by atoms with Crippen LogP contribution in [-0.4, -0.2) is 22.6 Å². The molecule has 1 aromatic heterocycles. The number of H-pyrrole nitrogens is 1. The Labute approximate surface area is 147 Å². The van der Waals surface area contributed by atoms with Crippen molar-refractivity contribution >= 4 is 16.9 Å². The van der Waals surface area contributed by atoms with Crippen LogP contribution in [0.25, 0.3) is 10.9 Å². The lowest BCUT2D eigenvalue weighted by Gasteiger charge is -2.06. The average Bonchev–Trinajstić information content (AvgIpc) is 2.93. The van der Waals surface area contributed by atoms with Crippen LogP contribution in [0.2, 0.25) is 0 Å². The van der Waals surface area contributed by atoms with Crippen LogP contribution >= 0.6 is 0 Å². The second kappa shape index (κ2) is 7.53. The molecule has 2 aromatic carbocycles. The number of carboxylic acid groups (broad SMARTS) is 1. The zero-order valence-corrected chi connectivity index (χ0v) is 14.5. The van der Waals surface area contributed by atoms with E-state index in [1.807, 2.05) is 12.1 Å². The number of aryl methyl sites for hydroxylation is 3. The van der Waals surface area contributed by atoms with Gasteiger partial charge in [0, 0.05) is 23.0 Å². The van der Waals surface area contributed by atoms with E-state index >= 15 is 0 Å². The number of carbonyl (C=O) groups is 1. The van der Waals surface area contributed by atoms with Crippen LogP contribution in [0.3, 0.4) is 0 Å². The molecule has 3 aromatic rings. The van der Waals surface area contributed by atoms with E-state index in [1.54, 1.807) is 12.1 Å². The van der Waals surface area contributed by atoms with Crippen molar-refractivity contribution in [1.82, 2.24) is 4.98 Å². The molecule has 0 amide bonds. The number of aromatic nitrogens is 1. The van der Waals surface area contributed by atoms with Gasteiger partial charge in [-0.1, -0.05) is 23.8 Å². The number of aromatic carboxylic acids is 1. The molecule has 0 bridgehead atoms. The van der Waals surface area contributed by atoms with Gasteiger partial charge in [0.2, 0.25) is 0 Å². The molecule has 0 aliphatic carbocycles. The molecule has 25 heavy (non-hydrogen) atoms. The first kappa shape index (κ1) is 17.2. The van der Waals surface area contributed by atoms with E-state index in [0.29, 0.717) is 12.1 Å². The van der Waals surface area contributed by atoms with Gasteiger partial charge in [-0.2, -0.15) is 0 Å². The molecule has 0 spiro atoms. The summed E-state index contributed by atoms with van der Waals surface area (Å²) < 4.78 is 0. The normalized spacial score (nSPS) is 11.1. The van der Waals surface area contributed by atoms with Crippen molar-refractivity contribution in [2.75, 3.05) is 6.54 Å². The summed E-state index contributed by atoms with van der Waals surface area (Å²) in [6.07, 6.45) is 3.79. The maximum Gasteiger partial charge on any atom is 0.335 e. The van der Waals surface area contributed by atoms with Gasteiger partial charge >= 0.3 is 5.97 Å². The molecule has 4 N–H and O–H groups in total. The van der Waals surface area contributed by atoms with Crippen molar-refractivity contribution in [3.63, 3.8) is 0 Å². The Morgan fingerprint density at radius 1 is 1.08 bits per heavy atom. The number of benzene rings is 2. The number of hydrogen-bond acceptors (Lipinski definition) is 2. The first-order valence-electron chi connectivity index (χ1n) is 8.71. The monoisotopic (exact) mass is 336 g/mol. The van der Waals surface area contributed by atoms with Crippen LogP contribution in [0.15, 0.2) is 42.5 Å². The Hall–Kier alpha value is -2.59. The fourth-order valence-corrected chi connectivity index (χ4v) is 3.34. The minimum atomic E-state index is -0.882. The second-order valence-corrected chi connectivity index (χ2v) is 6.53. The van der Waals surface area contributed by atoms with Gasteiger partial charge in [0.05, 0.1) is 5.56 Å². The maximum absolute atomic E-state index is 10.9. The minimum Gasteiger partial charge on any atom is -0.478 e. The van der Waals surface area contributed by atoms with E-state index in [1.165, 1.54) is 33.3 Å². The molecule has 0 atom stereocenters. The van der Waals surface area contributed by atoms with E-state index in [4.69, 9.17) is 10.8 Å². The van der Waals surface area contributed by atoms with Gasteiger partial charge in [-0.25, -0.2) is 4.79 Å². The van der Waals surface area contributed by atoms with Gasteiger partial charge in [-0.3, -0.25) is 0 Å². The maximum atomic E-state index is 10.9. The molecule has 0 aliphatic rings. The summed E-state index contributed by atoms with van der Waals surface area (Å²) in [5, 5.41) is 10.3. The van der Waals surface area contributed by atoms with Gasteiger partial charge in [-0.15, -0.1) is 0 Å². The molecule has 0 fully saturated rings. The third-order valence-corrected chi connectivity index (χ3v) is 4.64. The molecule has 0 saturated carbocycles. The van der Waals surface area contributed by atoms with E-state index in [-0.39, 0.29) is 0 Å². The first-order chi connectivity index (χ1) is 12.1. The molecule has 4 nitrogen and oxygen atoms in total. The summed E-state index contributed by atoms with van der Waals surface area (Å²) in [5.41, 5.74) is 12.3. The van der Waals surface area contributed by atoms with Gasteiger partial charge in [0.15, 0.2) is 0 Å². The molecule has 0 aliphatic heterocycles. The Balaban J connectivity index is 1.74. The Bertz CT molecular complexity index is 879. The highest BCUT2D eigenvalue weighted by atomic mass is 16.4. The van der Waals surface area contributed by atoms with Gasteiger partial charge in [0.25, 0.3) is 0 Å². The fraction of sp³-hybridized carbons (Fsp3) is 0.286. The van der Waals surface area contributed by atoms with Crippen molar-refractivity contribution < 1.29 is 9.90 Å². The standard InChI is InChI=1S/C21H24N2O2/c1-14-5-10-19-18(13-14)17(20(23-19)11-12-22)4-2-3-15-6-8-16(9-7-15)21(24)25/h5-10,13,23H,2-4,11-12,22H2,1H3,(H,24,25). The lowest BCUT2D eigenvalue weighted by atomic mass is 9.99. The third-order valence-electron chi connectivity index (χ3n) is 4.64. The number of nitrogens with one attached hydrogen (secondary N) is 1. The van der Waals surface area contributed by atoms with Crippen molar-refractivity contribution in [3.05, 3.63) is 70.4 Å². The number of fused-ring (bicyclic) bond motifs is 1.